The highest BCUT2D eigenvalue weighted by Crippen LogP contribution is 2.25. The third-order valence-electron chi connectivity index (χ3n) is 5.65. The fourth-order valence-electron chi connectivity index (χ4n) is 4.08. The number of carbonyl (C=O) groups is 2. The largest absolute Gasteiger partial charge is 0.350 e. The topological polar surface area (TPSA) is 67.2 Å². The lowest BCUT2D eigenvalue weighted by Crippen LogP contribution is -2.52. The average Bonchev–Trinajstić information content (AvgIpc) is 3.31. The van der Waals surface area contributed by atoms with E-state index in [0.717, 1.165) is 22.4 Å². The molecule has 0 radical (unpaired) electrons. The van der Waals surface area contributed by atoms with Crippen molar-refractivity contribution in [3.8, 4) is 5.69 Å². The highest BCUT2D eigenvalue weighted by Gasteiger charge is 2.34. The van der Waals surface area contributed by atoms with Crippen LogP contribution in [0.15, 0.2) is 67.0 Å². The second kappa shape index (κ2) is 9.16. The molecule has 0 saturated heterocycles. The fraction of sp³-hybridized carbons (Fsp3) is 0.320. The van der Waals surface area contributed by atoms with Gasteiger partial charge in [-0.05, 0) is 34.7 Å². The van der Waals surface area contributed by atoms with E-state index < -0.39 is 6.04 Å². The Morgan fingerprint density at radius 1 is 1.06 bits per heavy atom. The van der Waals surface area contributed by atoms with Gasteiger partial charge in [0.1, 0.15) is 6.04 Å². The predicted octanol–water partition coefficient (Wildman–Crippen LogP) is 3.49. The first-order valence-corrected chi connectivity index (χ1v) is 10.7. The highest BCUT2D eigenvalue weighted by molar-refractivity contribution is 5.88. The Morgan fingerprint density at radius 3 is 2.55 bits per heavy atom. The quantitative estimate of drug-likeness (QED) is 0.669. The van der Waals surface area contributed by atoms with E-state index in [0.29, 0.717) is 25.9 Å². The first-order valence-electron chi connectivity index (χ1n) is 10.7. The standard InChI is InChI=1S/C25H28N4O2/c1-18(2)14-24(30)28-17-21-10-4-3-8-19(21)15-23(28)25(31)26-16-20-9-5-6-11-22(20)29-13-7-12-27-29/h3-13,18,23H,14-17H2,1-2H3,(H,26,31). The van der Waals surface area contributed by atoms with Crippen molar-refractivity contribution in [2.75, 3.05) is 0 Å². The molecule has 1 aliphatic heterocycles. The van der Waals surface area contributed by atoms with Crippen molar-refractivity contribution in [1.82, 2.24) is 20.0 Å². The third-order valence-corrected chi connectivity index (χ3v) is 5.65. The summed E-state index contributed by atoms with van der Waals surface area (Å²) < 4.78 is 1.79. The van der Waals surface area contributed by atoms with Crippen molar-refractivity contribution >= 4 is 11.8 Å². The van der Waals surface area contributed by atoms with E-state index in [9.17, 15) is 9.59 Å². The molecule has 160 valence electrons. The third kappa shape index (κ3) is 4.68. The van der Waals surface area contributed by atoms with Crippen molar-refractivity contribution < 1.29 is 9.59 Å². The first-order chi connectivity index (χ1) is 15.0. The minimum absolute atomic E-state index is 0.0293. The van der Waals surface area contributed by atoms with Gasteiger partial charge in [0.15, 0.2) is 0 Å². The molecule has 6 nitrogen and oxygen atoms in total. The zero-order valence-electron chi connectivity index (χ0n) is 18.0. The van der Waals surface area contributed by atoms with E-state index in [4.69, 9.17) is 0 Å². The van der Waals surface area contributed by atoms with Crippen LogP contribution in [0.4, 0.5) is 0 Å². The van der Waals surface area contributed by atoms with Crippen LogP contribution in [-0.4, -0.2) is 32.5 Å². The van der Waals surface area contributed by atoms with E-state index in [-0.39, 0.29) is 17.7 Å². The lowest BCUT2D eigenvalue weighted by atomic mass is 9.92. The van der Waals surface area contributed by atoms with Crippen LogP contribution in [0.5, 0.6) is 0 Å². The van der Waals surface area contributed by atoms with Gasteiger partial charge in [0.25, 0.3) is 0 Å². The van der Waals surface area contributed by atoms with Crippen molar-refractivity contribution in [2.45, 2.75) is 45.8 Å². The summed E-state index contributed by atoms with van der Waals surface area (Å²) in [5.74, 6) is 0.151. The molecule has 2 aromatic carbocycles. The van der Waals surface area contributed by atoms with Crippen LogP contribution in [-0.2, 0) is 29.1 Å². The molecule has 3 aromatic rings. The van der Waals surface area contributed by atoms with Gasteiger partial charge in [-0.15, -0.1) is 0 Å². The molecular weight excluding hydrogens is 388 g/mol. The molecule has 31 heavy (non-hydrogen) atoms. The van der Waals surface area contributed by atoms with Crippen LogP contribution < -0.4 is 5.32 Å². The zero-order valence-corrected chi connectivity index (χ0v) is 18.0. The molecule has 2 heterocycles. The van der Waals surface area contributed by atoms with Crippen molar-refractivity contribution in [3.05, 3.63) is 83.7 Å². The van der Waals surface area contributed by atoms with Crippen molar-refractivity contribution in [2.24, 2.45) is 5.92 Å². The van der Waals surface area contributed by atoms with Gasteiger partial charge in [-0.25, -0.2) is 4.68 Å². The number of hydrogen-bond acceptors (Lipinski definition) is 3. The lowest BCUT2D eigenvalue weighted by Gasteiger charge is -2.36. The van der Waals surface area contributed by atoms with Crippen LogP contribution in [0.3, 0.4) is 0 Å². The molecule has 0 fully saturated rings. The molecule has 1 atom stereocenters. The van der Waals surface area contributed by atoms with E-state index >= 15 is 0 Å². The summed E-state index contributed by atoms with van der Waals surface area (Å²) in [6.45, 7) is 4.90. The molecular formula is C25H28N4O2. The summed E-state index contributed by atoms with van der Waals surface area (Å²) in [7, 11) is 0. The number of rotatable bonds is 6. The second-order valence-electron chi connectivity index (χ2n) is 8.41. The number of aromatic nitrogens is 2. The fourth-order valence-corrected chi connectivity index (χ4v) is 4.08. The second-order valence-corrected chi connectivity index (χ2v) is 8.41. The Hall–Kier alpha value is -3.41. The first kappa shape index (κ1) is 20.8. The summed E-state index contributed by atoms with van der Waals surface area (Å²) in [6.07, 6.45) is 4.58. The summed E-state index contributed by atoms with van der Waals surface area (Å²) in [5.41, 5.74) is 4.14. The number of nitrogens with zero attached hydrogens (tertiary/aromatic N) is 3. The normalized spacial score (nSPS) is 15.6. The SMILES string of the molecule is CC(C)CC(=O)N1Cc2ccccc2CC1C(=O)NCc1ccccc1-n1cccn1. The lowest BCUT2D eigenvalue weighted by molar-refractivity contribution is -0.142. The monoisotopic (exact) mass is 416 g/mol. The minimum atomic E-state index is -0.502. The Balaban J connectivity index is 1.53. The molecule has 2 amide bonds. The zero-order chi connectivity index (χ0) is 21.8. The molecule has 1 aromatic heterocycles. The van der Waals surface area contributed by atoms with Gasteiger partial charge < -0.3 is 10.2 Å². The number of nitrogens with one attached hydrogen (secondary N) is 1. The van der Waals surface area contributed by atoms with Crippen LogP contribution in [0.25, 0.3) is 5.69 Å². The number of carbonyl (C=O) groups excluding carboxylic acids is 2. The van der Waals surface area contributed by atoms with E-state index in [1.807, 2.05) is 74.6 Å². The number of fused-ring (bicyclic) bond motifs is 1. The number of benzene rings is 2. The smallest absolute Gasteiger partial charge is 0.243 e. The van der Waals surface area contributed by atoms with Crippen LogP contribution in [0.2, 0.25) is 0 Å². The van der Waals surface area contributed by atoms with Gasteiger partial charge >= 0.3 is 0 Å². The minimum Gasteiger partial charge on any atom is -0.350 e. The average molecular weight is 417 g/mol. The number of amides is 2. The van der Waals surface area contributed by atoms with Gasteiger partial charge in [-0.1, -0.05) is 56.3 Å². The van der Waals surface area contributed by atoms with Gasteiger partial charge in [-0.2, -0.15) is 5.10 Å². The molecule has 0 aliphatic carbocycles. The summed E-state index contributed by atoms with van der Waals surface area (Å²) in [5, 5.41) is 7.37. The van der Waals surface area contributed by atoms with Crippen molar-refractivity contribution in [1.29, 1.82) is 0 Å². The van der Waals surface area contributed by atoms with E-state index in [1.54, 1.807) is 15.8 Å². The predicted molar refractivity (Wildman–Crippen MR) is 119 cm³/mol. The highest BCUT2D eigenvalue weighted by atomic mass is 16.2. The molecule has 0 bridgehead atoms. The van der Waals surface area contributed by atoms with E-state index in [1.165, 1.54) is 0 Å². The maximum atomic E-state index is 13.3. The number of hydrogen-bond donors (Lipinski definition) is 1. The molecule has 1 N–H and O–H groups in total. The summed E-state index contributed by atoms with van der Waals surface area (Å²) >= 11 is 0. The Bertz CT molecular complexity index is 1060. The molecule has 1 unspecified atom stereocenters. The Kier molecular flexibility index (Phi) is 6.16. The molecule has 1 aliphatic rings. The van der Waals surface area contributed by atoms with Gasteiger partial charge in [0.2, 0.25) is 11.8 Å². The Morgan fingerprint density at radius 2 is 1.81 bits per heavy atom. The number of para-hydroxylation sites is 1. The molecule has 4 rings (SSSR count). The maximum Gasteiger partial charge on any atom is 0.243 e. The van der Waals surface area contributed by atoms with Crippen molar-refractivity contribution in [3.63, 3.8) is 0 Å². The van der Waals surface area contributed by atoms with Crippen LogP contribution >= 0.6 is 0 Å². The molecule has 0 spiro atoms. The van der Waals surface area contributed by atoms with Crippen LogP contribution in [0, 0.1) is 5.92 Å². The van der Waals surface area contributed by atoms with E-state index in [2.05, 4.69) is 10.4 Å². The summed E-state index contributed by atoms with van der Waals surface area (Å²) in [4.78, 5) is 28.0. The summed E-state index contributed by atoms with van der Waals surface area (Å²) in [6, 6.07) is 17.3. The van der Waals surface area contributed by atoms with Gasteiger partial charge in [-0.3, -0.25) is 9.59 Å². The Labute approximate surface area is 182 Å². The maximum absolute atomic E-state index is 13.3. The van der Waals surface area contributed by atoms with Gasteiger partial charge in [0.05, 0.1) is 5.69 Å². The van der Waals surface area contributed by atoms with Gasteiger partial charge in [0, 0.05) is 38.3 Å². The molecule has 0 saturated carbocycles. The molecule has 6 heteroatoms. The van der Waals surface area contributed by atoms with Crippen LogP contribution in [0.1, 0.15) is 37.0 Å².